The molecule has 5 rings (SSSR count). The van der Waals surface area contributed by atoms with Crippen LogP contribution in [0.1, 0.15) is 43.5 Å². The Kier molecular flexibility index (Phi) is 10.6. The van der Waals surface area contributed by atoms with Crippen molar-refractivity contribution >= 4 is 60.9 Å². The van der Waals surface area contributed by atoms with Gasteiger partial charge in [-0.1, -0.05) is 33.3 Å². The smallest absolute Gasteiger partial charge is 0.338 e. The number of halogens is 2. The molecule has 1 aliphatic heterocycles. The van der Waals surface area contributed by atoms with Crippen LogP contribution in [-0.2, 0) is 16.1 Å². The Balaban J connectivity index is 1.63. The number of fused-ring (bicyclic) bond motifs is 1. The third-order valence-corrected chi connectivity index (χ3v) is 9.20. The van der Waals surface area contributed by atoms with Crippen LogP contribution in [0.4, 0.5) is 5.69 Å². The molecule has 0 unspecified atom stereocenters. The van der Waals surface area contributed by atoms with Gasteiger partial charge in [0, 0.05) is 22.2 Å². The lowest BCUT2D eigenvalue weighted by atomic mass is 9.95. The van der Waals surface area contributed by atoms with E-state index in [-0.39, 0.29) is 30.0 Å². The summed E-state index contributed by atoms with van der Waals surface area (Å²) in [4.78, 5) is 43.2. The molecule has 1 aromatic heterocycles. The number of thiazole rings is 1. The summed E-state index contributed by atoms with van der Waals surface area (Å²) in [5.41, 5.74) is 2.25. The van der Waals surface area contributed by atoms with Gasteiger partial charge >= 0.3 is 5.97 Å². The van der Waals surface area contributed by atoms with Gasteiger partial charge in [0.2, 0.25) is 0 Å². The lowest BCUT2D eigenvalue weighted by Gasteiger charge is -2.25. The monoisotopic (exact) mass is 785 g/mol. The van der Waals surface area contributed by atoms with Gasteiger partial charge in [-0.2, -0.15) is 0 Å². The third kappa shape index (κ3) is 7.19. The number of carbonyl (C=O) groups excluding carboxylic acids is 1. The number of nitro groups is 1. The minimum absolute atomic E-state index is 0.0157. The molecule has 47 heavy (non-hydrogen) atoms. The summed E-state index contributed by atoms with van der Waals surface area (Å²) in [6.07, 6.45) is 1.71. The van der Waals surface area contributed by atoms with Gasteiger partial charge in [0.25, 0.3) is 11.2 Å². The summed E-state index contributed by atoms with van der Waals surface area (Å²) in [5.74, 6) is 0.887. The molecular formula is C33H29Br2N3O8S. The number of nitrogens with zero attached hydrogens (tertiary/aromatic N) is 3. The van der Waals surface area contributed by atoms with Crippen molar-refractivity contribution in [3.63, 3.8) is 0 Å². The number of esters is 1. The molecule has 3 aromatic carbocycles. The van der Waals surface area contributed by atoms with Crippen molar-refractivity contribution in [3.8, 4) is 17.2 Å². The first-order valence-corrected chi connectivity index (χ1v) is 16.8. The fraction of sp³-hybridized carbons (Fsp3) is 0.242. The van der Waals surface area contributed by atoms with E-state index in [2.05, 4.69) is 36.9 Å². The molecule has 0 saturated carbocycles. The maximum Gasteiger partial charge on any atom is 0.338 e. The van der Waals surface area contributed by atoms with Crippen LogP contribution in [0, 0.1) is 10.1 Å². The van der Waals surface area contributed by atoms with E-state index in [0.29, 0.717) is 54.5 Å². The second-order valence-electron chi connectivity index (χ2n) is 10.2. The zero-order chi connectivity index (χ0) is 33.8. The number of carbonyl (C=O) groups is 1. The molecule has 1 atom stereocenters. The maximum absolute atomic E-state index is 14.2. The lowest BCUT2D eigenvalue weighted by molar-refractivity contribution is -0.384. The van der Waals surface area contributed by atoms with Gasteiger partial charge in [-0.25, -0.2) is 9.79 Å². The van der Waals surface area contributed by atoms with E-state index >= 15 is 0 Å². The zero-order valence-electron chi connectivity index (χ0n) is 25.7. The van der Waals surface area contributed by atoms with Crippen molar-refractivity contribution in [2.24, 2.45) is 4.99 Å². The summed E-state index contributed by atoms with van der Waals surface area (Å²) < 4.78 is 26.1. The van der Waals surface area contributed by atoms with Gasteiger partial charge in [-0.3, -0.25) is 19.5 Å². The molecular weight excluding hydrogens is 758 g/mol. The van der Waals surface area contributed by atoms with Crippen molar-refractivity contribution in [2.75, 3.05) is 20.3 Å². The van der Waals surface area contributed by atoms with E-state index in [0.717, 1.165) is 10.0 Å². The Bertz CT molecular complexity index is 2070. The van der Waals surface area contributed by atoms with E-state index in [1.165, 1.54) is 28.0 Å². The normalized spacial score (nSPS) is 14.3. The molecule has 11 nitrogen and oxygen atoms in total. The minimum atomic E-state index is -0.843. The van der Waals surface area contributed by atoms with E-state index in [1.54, 1.807) is 57.4 Å². The molecule has 1 aliphatic rings. The Morgan fingerprint density at radius 2 is 1.81 bits per heavy atom. The second-order valence-corrected chi connectivity index (χ2v) is 12.9. The largest absolute Gasteiger partial charge is 0.493 e. The Morgan fingerprint density at radius 1 is 1.06 bits per heavy atom. The van der Waals surface area contributed by atoms with E-state index < -0.39 is 16.9 Å². The maximum atomic E-state index is 14.2. The summed E-state index contributed by atoms with van der Waals surface area (Å²) in [6, 6.07) is 14.2. The van der Waals surface area contributed by atoms with Gasteiger partial charge in [0.15, 0.2) is 16.3 Å². The zero-order valence-corrected chi connectivity index (χ0v) is 29.7. The molecule has 14 heteroatoms. The average molecular weight is 787 g/mol. The first-order chi connectivity index (χ1) is 22.6. The van der Waals surface area contributed by atoms with Crippen molar-refractivity contribution in [1.82, 2.24) is 4.57 Å². The summed E-state index contributed by atoms with van der Waals surface area (Å²) in [5, 5.41) is 11.0. The fourth-order valence-electron chi connectivity index (χ4n) is 5.09. The topological polar surface area (TPSA) is 131 Å². The van der Waals surface area contributed by atoms with Gasteiger partial charge in [0.05, 0.1) is 51.6 Å². The van der Waals surface area contributed by atoms with E-state index in [1.807, 2.05) is 19.1 Å². The molecule has 0 N–H and O–H groups in total. The number of rotatable bonds is 11. The number of methoxy groups -OCH3 is 1. The predicted molar refractivity (Wildman–Crippen MR) is 184 cm³/mol. The molecule has 244 valence electrons. The Hall–Kier alpha value is -4.27. The molecule has 0 fully saturated rings. The number of hydrogen-bond donors (Lipinski definition) is 0. The first kappa shape index (κ1) is 34.1. The van der Waals surface area contributed by atoms with Gasteiger partial charge in [-0.05, 0) is 90.3 Å². The number of hydrogen-bond acceptors (Lipinski definition) is 10. The molecule has 4 aromatic rings. The Morgan fingerprint density at radius 3 is 2.47 bits per heavy atom. The van der Waals surface area contributed by atoms with Crippen LogP contribution >= 0.6 is 43.2 Å². The van der Waals surface area contributed by atoms with Crippen LogP contribution in [-0.4, -0.2) is 35.8 Å². The summed E-state index contributed by atoms with van der Waals surface area (Å²) >= 11 is 8.27. The molecule has 0 saturated heterocycles. The highest BCUT2D eigenvalue weighted by molar-refractivity contribution is 9.11. The second kappa shape index (κ2) is 14.7. The highest BCUT2D eigenvalue weighted by atomic mass is 79.9. The quantitative estimate of drug-likeness (QED) is 0.0996. The number of benzene rings is 3. The van der Waals surface area contributed by atoms with Crippen LogP contribution in [0.2, 0.25) is 0 Å². The first-order valence-electron chi connectivity index (χ1n) is 14.4. The molecule has 2 heterocycles. The van der Waals surface area contributed by atoms with Gasteiger partial charge in [-0.15, -0.1) is 0 Å². The molecule has 0 bridgehead atoms. The number of allylic oxidation sites excluding steroid dienone is 1. The van der Waals surface area contributed by atoms with Crippen molar-refractivity contribution in [1.29, 1.82) is 0 Å². The van der Waals surface area contributed by atoms with Crippen LogP contribution < -0.4 is 29.1 Å². The summed E-state index contributed by atoms with van der Waals surface area (Å²) in [7, 11) is 1.54. The number of non-ortho nitro benzene ring substituents is 1. The SMILES string of the molecule is CCOC(=O)C1=C(C)N=c2s/c(=C\c3cc(Br)cc(Br)c3OCc3ccc([N+](=O)[O-])cc3)c(=O)n2[C@@H]1c1ccc(OC)c(OCC)c1. The van der Waals surface area contributed by atoms with Crippen molar-refractivity contribution < 1.29 is 28.7 Å². The van der Waals surface area contributed by atoms with Gasteiger partial charge < -0.3 is 18.9 Å². The van der Waals surface area contributed by atoms with E-state index in [4.69, 9.17) is 18.9 Å². The standard InChI is InChI=1S/C33H29Br2N3O8S/c1-5-44-26-14-20(9-12-25(26)43-4)29-28(32(40)45-6-2)18(3)36-33-37(29)31(39)27(47-33)15-21-13-22(34)16-24(35)30(21)46-17-19-7-10-23(11-8-19)38(41)42/h7-16,29H,5-6,17H2,1-4H3/b27-15-/t29-/m1/s1. The number of nitro benzene ring substituents is 1. The highest BCUT2D eigenvalue weighted by Crippen LogP contribution is 2.37. The molecule has 0 aliphatic carbocycles. The van der Waals surface area contributed by atoms with Crippen molar-refractivity contribution in [2.45, 2.75) is 33.4 Å². The van der Waals surface area contributed by atoms with Crippen LogP contribution in [0.3, 0.4) is 0 Å². The van der Waals surface area contributed by atoms with Crippen LogP contribution in [0.5, 0.6) is 17.2 Å². The summed E-state index contributed by atoms with van der Waals surface area (Å²) in [6.45, 7) is 5.96. The number of ether oxygens (including phenoxy) is 4. The number of aromatic nitrogens is 1. The van der Waals surface area contributed by atoms with E-state index in [9.17, 15) is 19.7 Å². The molecule has 0 amide bonds. The van der Waals surface area contributed by atoms with Crippen molar-refractivity contribution in [3.05, 3.63) is 121 Å². The van der Waals surface area contributed by atoms with Crippen LogP contribution in [0.25, 0.3) is 6.08 Å². The predicted octanol–water partition coefficient (Wildman–Crippen LogP) is 6.22. The fourth-order valence-corrected chi connectivity index (χ4v) is 7.50. The molecule has 0 radical (unpaired) electrons. The lowest BCUT2D eigenvalue weighted by Crippen LogP contribution is -2.40. The molecule has 0 spiro atoms. The third-order valence-electron chi connectivity index (χ3n) is 7.17. The van der Waals surface area contributed by atoms with Gasteiger partial charge in [0.1, 0.15) is 12.4 Å². The highest BCUT2D eigenvalue weighted by Gasteiger charge is 2.34. The minimum Gasteiger partial charge on any atom is -0.493 e. The Labute approximate surface area is 290 Å². The average Bonchev–Trinajstić information content (AvgIpc) is 3.34. The van der Waals surface area contributed by atoms with Crippen LogP contribution in [0.15, 0.2) is 84.6 Å².